The van der Waals surface area contributed by atoms with E-state index in [0.29, 0.717) is 24.4 Å². The van der Waals surface area contributed by atoms with E-state index < -0.39 is 0 Å². The Morgan fingerprint density at radius 1 is 0.903 bits per heavy atom. The van der Waals surface area contributed by atoms with Crippen LogP contribution in [0.3, 0.4) is 0 Å². The molecule has 0 saturated heterocycles. The van der Waals surface area contributed by atoms with Gasteiger partial charge in [0.1, 0.15) is 12.4 Å². The van der Waals surface area contributed by atoms with Gasteiger partial charge in [0.25, 0.3) is 11.8 Å². The van der Waals surface area contributed by atoms with E-state index in [1.165, 1.54) is 6.26 Å². The maximum atomic E-state index is 12.5. The number of rotatable bonds is 7. The Kier molecular flexibility index (Phi) is 5.98. The summed E-state index contributed by atoms with van der Waals surface area (Å²) in [6.45, 7) is 2.56. The van der Waals surface area contributed by atoms with Crippen LogP contribution in [0.1, 0.15) is 26.5 Å². The van der Waals surface area contributed by atoms with E-state index >= 15 is 0 Å². The molecule has 4 rings (SSSR count). The quantitative estimate of drug-likeness (QED) is 0.426. The molecular weight excluding hydrogens is 392 g/mol. The second-order valence-electron chi connectivity index (χ2n) is 7.07. The van der Waals surface area contributed by atoms with E-state index in [1.54, 1.807) is 30.3 Å². The van der Waals surface area contributed by atoms with Crippen LogP contribution in [0, 0.1) is 6.92 Å². The van der Waals surface area contributed by atoms with Crippen molar-refractivity contribution in [1.29, 1.82) is 0 Å². The van der Waals surface area contributed by atoms with E-state index in [9.17, 15) is 9.59 Å². The van der Waals surface area contributed by atoms with Crippen LogP contribution in [0.25, 0.3) is 10.8 Å². The van der Waals surface area contributed by atoms with Crippen molar-refractivity contribution in [1.82, 2.24) is 5.32 Å². The highest BCUT2D eigenvalue weighted by Crippen LogP contribution is 2.21. The molecule has 0 atom stereocenters. The Bertz CT molecular complexity index is 1220. The molecule has 0 bridgehead atoms. The second kappa shape index (κ2) is 9.17. The van der Waals surface area contributed by atoms with Gasteiger partial charge < -0.3 is 19.8 Å². The third-order valence-corrected chi connectivity index (χ3v) is 4.87. The fourth-order valence-corrected chi connectivity index (χ4v) is 3.18. The zero-order valence-electron chi connectivity index (χ0n) is 17.1. The van der Waals surface area contributed by atoms with Crippen LogP contribution < -0.4 is 15.4 Å². The van der Waals surface area contributed by atoms with Crippen molar-refractivity contribution in [2.75, 3.05) is 18.5 Å². The minimum atomic E-state index is -0.366. The van der Waals surface area contributed by atoms with Crippen molar-refractivity contribution in [3.8, 4) is 5.75 Å². The van der Waals surface area contributed by atoms with Gasteiger partial charge in [-0.05, 0) is 59.7 Å². The summed E-state index contributed by atoms with van der Waals surface area (Å²) < 4.78 is 10.9. The highest BCUT2D eigenvalue weighted by atomic mass is 16.5. The molecule has 2 amide bonds. The van der Waals surface area contributed by atoms with Gasteiger partial charge in [0.2, 0.25) is 0 Å². The topological polar surface area (TPSA) is 80.6 Å². The largest absolute Gasteiger partial charge is 0.492 e. The lowest BCUT2D eigenvalue weighted by molar-refractivity contribution is 0.0945. The number of ether oxygens (including phenoxy) is 1. The van der Waals surface area contributed by atoms with Gasteiger partial charge in [0.15, 0.2) is 5.76 Å². The predicted molar refractivity (Wildman–Crippen MR) is 120 cm³/mol. The minimum absolute atomic E-state index is 0.208. The van der Waals surface area contributed by atoms with Crippen molar-refractivity contribution >= 4 is 28.3 Å². The molecule has 2 N–H and O–H groups in total. The van der Waals surface area contributed by atoms with Gasteiger partial charge in [-0.1, -0.05) is 36.4 Å². The fourth-order valence-electron chi connectivity index (χ4n) is 3.18. The van der Waals surface area contributed by atoms with Crippen LogP contribution in [0.15, 0.2) is 83.5 Å². The molecule has 0 radical (unpaired) electrons. The summed E-state index contributed by atoms with van der Waals surface area (Å²) in [5.74, 6) is 0.358. The SMILES string of the molecule is Cc1ccc(C(=O)NCCOc2ccc3ccccc3c2)cc1NC(=O)c1ccco1. The highest BCUT2D eigenvalue weighted by Gasteiger charge is 2.13. The minimum Gasteiger partial charge on any atom is -0.492 e. The molecule has 0 aliphatic heterocycles. The summed E-state index contributed by atoms with van der Waals surface area (Å²) in [4.78, 5) is 24.7. The molecule has 0 unspecified atom stereocenters. The van der Waals surface area contributed by atoms with E-state index in [4.69, 9.17) is 9.15 Å². The van der Waals surface area contributed by atoms with E-state index in [1.807, 2.05) is 49.4 Å². The first-order valence-electron chi connectivity index (χ1n) is 9.95. The summed E-state index contributed by atoms with van der Waals surface area (Å²) in [7, 11) is 0. The average molecular weight is 414 g/mol. The lowest BCUT2D eigenvalue weighted by atomic mass is 10.1. The number of furan rings is 1. The maximum absolute atomic E-state index is 12.5. The summed E-state index contributed by atoms with van der Waals surface area (Å²) in [6.07, 6.45) is 1.44. The van der Waals surface area contributed by atoms with Crippen molar-refractivity contribution in [3.63, 3.8) is 0 Å². The van der Waals surface area contributed by atoms with Gasteiger partial charge in [0.05, 0.1) is 12.8 Å². The van der Waals surface area contributed by atoms with Crippen molar-refractivity contribution < 1.29 is 18.7 Å². The molecule has 6 heteroatoms. The molecular formula is C25H22N2O4. The molecule has 3 aromatic carbocycles. The van der Waals surface area contributed by atoms with Crippen molar-refractivity contribution in [3.05, 3.63) is 95.9 Å². The molecule has 31 heavy (non-hydrogen) atoms. The summed E-state index contributed by atoms with van der Waals surface area (Å²) in [5.41, 5.74) is 1.85. The number of amides is 2. The average Bonchev–Trinajstić information content (AvgIpc) is 3.33. The normalized spacial score (nSPS) is 10.6. The zero-order valence-corrected chi connectivity index (χ0v) is 17.1. The standard InChI is InChI=1S/C25H22N2O4/c1-17-8-9-20(16-22(17)27-25(29)23-7-4-13-31-23)24(28)26-12-14-30-21-11-10-18-5-2-3-6-19(18)15-21/h2-11,13,15-16H,12,14H2,1H3,(H,26,28)(H,27,29). The molecule has 6 nitrogen and oxygen atoms in total. The number of nitrogens with one attached hydrogen (secondary N) is 2. The summed E-state index contributed by atoms with van der Waals surface area (Å²) in [6, 6.07) is 22.3. The fraction of sp³-hybridized carbons (Fsp3) is 0.120. The lowest BCUT2D eigenvalue weighted by Gasteiger charge is -2.11. The van der Waals surface area contributed by atoms with Crippen LogP contribution in [0.4, 0.5) is 5.69 Å². The Balaban J connectivity index is 1.32. The number of aryl methyl sites for hydroxylation is 1. The maximum Gasteiger partial charge on any atom is 0.291 e. The van der Waals surface area contributed by atoms with Gasteiger partial charge in [-0.3, -0.25) is 9.59 Å². The number of anilines is 1. The highest BCUT2D eigenvalue weighted by molar-refractivity contribution is 6.03. The van der Waals surface area contributed by atoms with Crippen LogP contribution in [0.5, 0.6) is 5.75 Å². The number of hydrogen-bond acceptors (Lipinski definition) is 4. The lowest BCUT2D eigenvalue weighted by Crippen LogP contribution is -2.28. The Morgan fingerprint density at radius 2 is 1.74 bits per heavy atom. The molecule has 4 aromatic rings. The second-order valence-corrected chi connectivity index (χ2v) is 7.07. The monoisotopic (exact) mass is 414 g/mol. The number of carbonyl (C=O) groups excluding carboxylic acids is 2. The predicted octanol–water partition coefficient (Wildman–Crippen LogP) is 4.80. The smallest absolute Gasteiger partial charge is 0.291 e. The Hall–Kier alpha value is -4.06. The molecule has 0 aliphatic carbocycles. The van der Waals surface area contributed by atoms with Gasteiger partial charge in [-0.25, -0.2) is 0 Å². The molecule has 0 aliphatic rings. The van der Waals surface area contributed by atoms with E-state index in [-0.39, 0.29) is 17.6 Å². The number of benzene rings is 3. The first-order chi connectivity index (χ1) is 15.1. The first kappa shape index (κ1) is 20.2. The van der Waals surface area contributed by atoms with Gasteiger partial charge in [-0.15, -0.1) is 0 Å². The molecule has 1 aromatic heterocycles. The number of fused-ring (bicyclic) bond motifs is 1. The first-order valence-corrected chi connectivity index (χ1v) is 9.95. The van der Waals surface area contributed by atoms with Crippen LogP contribution in [0.2, 0.25) is 0 Å². The van der Waals surface area contributed by atoms with Gasteiger partial charge in [-0.2, -0.15) is 0 Å². The summed E-state index contributed by atoms with van der Waals surface area (Å²) >= 11 is 0. The van der Waals surface area contributed by atoms with E-state index in [2.05, 4.69) is 10.6 Å². The molecule has 156 valence electrons. The van der Waals surface area contributed by atoms with Gasteiger partial charge >= 0.3 is 0 Å². The molecule has 0 spiro atoms. The summed E-state index contributed by atoms with van der Waals surface area (Å²) in [5, 5.41) is 7.87. The third-order valence-electron chi connectivity index (χ3n) is 4.87. The zero-order chi connectivity index (χ0) is 21.6. The molecule has 0 saturated carbocycles. The molecule has 0 fully saturated rings. The Morgan fingerprint density at radius 3 is 2.55 bits per heavy atom. The van der Waals surface area contributed by atoms with Crippen molar-refractivity contribution in [2.45, 2.75) is 6.92 Å². The van der Waals surface area contributed by atoms with Crippen LogP contribution in [-0.4, -0.2) is 25.0 Å². The number of carbonyl (C=O) groups is 2. The number of hydrogen-bond donors (Lipinski definition) is 2. The van der Waals surface area contributed by atoms with Gasteiger partial charge in [0, 0.05) is 11.3 Å². The van der Waals surface area contributed by atoms with Crippen molar-refractivity contribution in [2.24, 2.45) is 0 Å². The van der Waals surface area contributed by atoms with Crippen LogP contribution in [-0.2, 0) is 0 Å². The molecule has 1 heterocycles. The third kappa shape index (κ3) is 4.93. The Labute approximate surface area is 179 Å². The van der Waals surface area contributed by atoms with E-state index in [0.717, 1.165) is 22.1 Å². The van der Waals surface area contributed by atoms with Crippen LogP contribution >= 0.6 is 0 Å².